The van der Waals surface area contributed by atoms with Crippen LogP contribution in [-0.2, 0) is 6.42 Å². The lowest BCUT2D eigenvalue weighted by atomic mass is 10.1. The highest BCUT2D eigenvalue weighted by Crippen LogP contribution is 2.07. The van der Waals surface area contributed by atoms with Gasteiger partial charge in [0.05, 0.1) is 0 Å². The van der Waals surface area contributed by atoms with E-state index in [-0.39, 0.29) is 17.4 Å². The van der Waals surface area contributed by atoms with Crippen LogP contribution in [0.3, 0.4) is 0 Å². The Morgan fingerprint density at radius 2 is 2.10 bits per heavy atom. The van der Waals surface area contributed by atoms with Crippen LogP contribution in [0.25, 0.3) is 0 Å². The number of halogens is 1. The minimum atomic E-state index is -0.227. The number of rotatable bonds is 5. The first kappa shape index (κ1) is 14.2. The summed E-state index contributed by atoms with van der Waals surface area (Å²) in [5.74, 6) is 0.0763. The van der Waals surface area contributed by atoms with E-state index < -0.39 is 0 Å². The normalized spacial score (nSPS) is 10.8. The van der Waals surface area contributed by atoms with Gasteiger partial charge >= 0.3 is 0 Å². The second kappa shape index (κ2) is 6.32. The molecule has 106 valence electrons. The van der Waals surface area contributed by atoms with Crippen LogP contribution in [0.5, 0.6) is 0 Å². The summed E-state index contributed by atoms with van der Waals surface area (Å²) < 4.78 is 15.1. The topological polar surface area (TPSA) is 46.9 Å². The maximum atomic E-state index is 13.5. The van der Waals surface area contributed by atoms with Gasteiger partial charge in [0.1, 0.15) is 5.82 Å². The number of anilines is 1. The van der Waals surface area contributed by atoms with Gasteiger partial charge in [-0.05, 0) is 31.9 Å². The first-order chi connectivity index (χ1) is 9.59. The quantitative estimate of drug-likeness (QED) is 0.912. The fourth-order valence-electron chi connectivity index (χ4n) is 1.97. The average Bonchev–Trinajstić information content (AvgIpc) is 2.42. The molecular weight excluding hydrogens is 257 g/mol. The first-order valence-electron chi connectivity index (χ1n) is 6.64. The van der Waals surface area contributed by atoms with Gasteiger partial charge in [0.2, 0.25) is 0 Å². The van der Waals surface area contributed by atoms with Gasteiger partial charge in [-0.15, -0.1) is 0 Å². The zero-order valence-electron chi connectivity index (χ0n) is 11.6. The smallest absolute Gasteiger partial charge is 0.293 e. The number of nitrogens with one attached hydrogen (secondary N) is 1. The molecule has 1 aromatic carbocycles. The molecule has 0 saturated carbocycles. The third kappa shape index (κ3) is 3.23. The molecule has 0 atom stereocenters. The number of nitrogens with zero attached hydrogens (tertiary/aromatic N) is 2. The van der Waals surface area contributed by atoms with E-state index in [4.69, 9.17) is 0 Å². The van der Waals surface area contributed by atoms with E-state index in [9.17, 15) is 9.18 Å². The summed E-state index contributed by atoms with van der Waals surface area (Å²) in [7, 11) is 0. The van der Waals surface area contributed by atoms with Crippen molar-refractivity contribution < 1.29 is 4.39 Å². The van der Waals surface area contributed by atoms with Gasteiger partial charge in [-0.25, -0.2) is 9.37 Å². The summed E-state index contributed by atoms with van der Waals surface area (Å²) in [6.45, 7) is 4.33. The molecule has 4 nitrogen and oxygen atoms in total. The SMILES string of the molecule is CC(C)n1ccnc(NCCc2ccccc2F)c1=O. The van der Waals surface area contributed by atoms with Gasteiger partial charge in [0, 0.05) is 25.0 Å². The molecule has 2 rings (SSSR count). The van der Waals surface area contributed by atoms with E-state index >= 15 is 0 Å². The molecule has 0 bridgehead atoms. The summed E-state index contributed by atoms with van der Waals surface area (Å²) in [5, 5.41) is 2.97. The van der Waals surface area contributed by atoms with Gasteiger partial charge in [0.25, 0.3) is 5.56 Å². The molecule has 1 N–H and O–H groups in total. The summed E-state index contributed by atoms with van der Waals surface area (Å²) in [5.41, 5.74) is 0.469. The van der Waals surface area contributed by atoms with Crippen LogP contribution in [0.1, 0.15) is 25.5 Å². The van der Waals surface area contributed by atoms with Crippen molar-refractivity contribution in [3.05, 3.63) is 58.4 Å². The predicted molar refractivity (Wildman–Crippen MR) is 77.5 cm³/mol. The maximum Gasteiger partial charge on any atom is 0.293 e. The molecule has 0 spiro atoms. The summed E-state index contributed by atoms with van der Waals surface area (Å²) in [6, 6.07) is 6.71. The molecule has 0 unspecified atom stereocenters. The third-order valence-corrected chi connectivity index (χ3v) is 3.07. The molecule has 0 saturated heterocycles. The molecule has 0 aliphatic rings. The van der Waals surface area contributed by atoms with Crippen molar-refractivity contribution in [3.63, 3.8) is 0 Å². The standard InChI is InChI=1S/C15H18FN3O/c1-11(2)19-10-9-18-14(15(19)20)17-8-7-12-5-3-4-6-13(12)16/h3-6,9-11H,7-8H2,1-2H3,(H,17,18). The molecule has 5 heteroatoms. The van der Waals surface area contributed by atoms with E-state index in [0.717, 1.165) is 0 Å². The lowest BCUT2D eigenvalue weighted by Crippen LogP contribution is -2.26. The zero-order valence-corrected chi connectivity index (χ0v) is 11.6. The highest BCUT2D eigenvalue weighted by atomic mass is 19.1. The second-order valence-electron chi connectivity index (χ2n) is 4.85. The van der Waals surface area contributed by atoms with Gasteiger partial charge in [-0.2, -0.15) is 0 Å². The largest absolute Gasteiger partial charge is 0.365 e. The van der Waals surface area contributed by atoms with E-state index in [0.29, 0.717) is 24.3 Å². The van der Waals surface area contributed by atoms with Crippen molar-refractivity contribution in [1.82, 2.24) is 9.55 Å². The molecule has 0 fully saturated rings. The van der Waals surface area contributed by atoms with Crippen LogP contribution >= 0.6 is 0 Å². The highest BCUT2D eigenvalue weighted by molar-refractivity contribution is 5.31. The second-order valence-corrected chi connectivity index (χ2v) is 4.85. The Kier molecular flexibility index (Phi) is 4.50. The highest BCUT2D eigenvalue weighted by Gasteiger charge is 2.07. The van der Waals surface area contributed by atoms with E-state index in [1.807, 2.05) is 13.8 Å². The lowest BCUT2D eigenvalue weighted by molar-refractivity contribution is 0.575. The summed E-state index contributed by atoms with van der Waals surface area (Å²) in [6.07, 6.45) is 3.76. The van der Waals surface area contributed by atoms with Crippen molar-refractivity contribution in [1.29, 1.82) is 0 Å². The summed E-state index contributed by atoms with van der Waals surface area (Å²) in [4.78, 5) is 16.1. The molecule has 0 aliphatic heterocycles. The van der Waals surface area contributed by atoms with Gasteiger partial charge in [-0.1, -0.05) is 18.2 Å². The van der Waals surface area contributed by atoms with Crippen LogP contribution < -0.4 is 10.9 Å². The fraction of sp³-hybridized carbons (Fsp3) is 0.333. The Morgan fingerprint density at radius 3 is 2.80 bits per heavy atom. The molecule has 2 aromatic rings. The maximum absolute atomic E-state index is 13.5. The Balaban J connectivity index is 2.04. The fourth-order valence-corrected chi connectivity index (χ4v) is 1.97. The minimum Gasteiger partial charge on any atom is -0.365 e. The van der Waals surface area contributed by atoms with Gasteiger partial charge < -0.3 is 9.88 Å². The van der Waals surface area contributed by atoms with Crippen LogP contribution in [0.2, 0.25) is 0 Å². The van der Waals surface area contributed by atoms with Crippen molar-refractivity contribution in [2.45, 2.75) is 26.3 Å². The molecule has 0 amide bonds. The Labute approximate surface area is 117 Å². The van der Waals surface area contributed by atoms with Crippen molar-refractivity contribution >= 4 is 5.82 Å². The molecule has 0 aliphatic carbocycles. The number of aromatic nitrogens is 2. The lowest BCUT2D eigenvalue weighted by Gasteiger charge is -2.11. The first-order valence-corrected chi connectivity index (χ1v) is 6.64. The Morgan fingerprint density at radius 1 is 1.35 bits per heavy atom. The van der Waals surface area contributed by atoms with Crippen molar-refractivity contribution in [2.24, 2.45) is 0 Å². The van der Waals surface area contributed by atoms with Gasteiger partial charge in [0.15, 0.2) is 5.82 Å². The molecule has 20 heavy (non-hydrogen) atoms. The van der Waals surface area contributed by atoms with Crippen LogP contribution in [0.15, 0.2) is 41.5 Å². The van der Waals surface area contributed by atoms with Crippen LogP contribution in [-0.4, -0.2) is 16.1 Å². The monoisotopic (exact) mass is 275 g/mol. The minimum absolute atomic E-state index is 0.0811. The zero-order chi connectivity index (χ0) is 14.5. The van der Waals surface area contributed by atoms with E-state index in [2.05, 4.69) is 10.3 Å². The third-order valence-electron chi connectivity index (χ3n) is 3.07. The van der Waals surface area contributed by atoms with E-state index in [1.165, 1.54) is 6.07 Å². The molecule has 1 aromatic heterocycles. The molecular formula is C15H18FN3O. The van der Waals surface area contributed by atoms with Gasteiger partial charge in [-0.3, -0.25) is 4.79 Å². The van der Waals surface area contributed by atoms with Crippen molar-refractivity contribution in [2.75, 3.05) is 11.9 Å². The number of hydrogen-bond acceptors (Lipinski definition) is 3. The Hall–Kier alpha value is -2.17. The predicted octanol–water partition coefficient (Wildman–Crippen LogP) is 2.62. The molecule has 0 radical (unpaired) electrons. The van der Waals surface area contributed by atoms with Crippen LogP contribution in [0, 0.1) is 5.82 Å². The summed E-state index contributed by atoms with van der Waals surface area (Å²) >= 11 is 0. The number of benzene rings is 1. The van der Waals surface area contributed by atoms with Crippen molar-refractivity contribution in [3.8, 4) is 0 Å². The average molecular weight is 275 g/mol. The molecule has 1 heterocycles. The number of hydrogen-bond donors (Lipinski definition) is 1. The Bertz CT molecular complexity index is 637. The van der Waals surface area contributed by atoms with Crippen LogP contribution in [0.4, 0.5) is 10.2 Å². The van der Waals surface area contributed by atoms with E-state index in [1.54, 1.807) is 35.2 Å².